The van der Waals surface area contributed by atoms with Gasteiger partial charge in [0.1, 0.15) is 0 Å². The summed E-state index contributed by atoms with van der Waals surface area (Å²) >= 11 is 0. The lowest BCUT2D eigenvalue weighted by Gasteiger charge is -1.96. The third-order valence-electron chi connectivity index (χ3n) is 2.42. The van der Waals surface area contributed by atoms with Crippen LogP contribution in [0.1, 0.15) is 5.69 Å². The van der Waals surface area contributed by atoms with Crippen molar-refractivity contribution in [2.45, 2.75) is 12.8 Å². The molecule has 0 aliphatic rings. The second-order valence-electron chi connectivity index (χ2n) is 3.53. The molecule has 0 fully saturated rings. The quantitative estimate of drug-likeness (QED) is 0.798. The van der Waals surface area contributed by atoms with Crippen LogP contribution in [0.3, 0.4) is 0 Å². The second kappa shape index (κ2) is 4.00. The topological polar surface area (TPSA) is 34.9 Å². The van der Waals surface area contributed by atoms with E-state index >= 15 is 0 Å². The van der Waals surface area contributed by atoms with E-state index in [2.05, 4.69) is 5.10 Å². The van der Waals surface area contributed by atoms with Crippen LogP contribution in [0.2, 0.25) is 0 Å². The van der Waals surface area contributed by atoms with Gasteiger partial charge in [0.25, 0.3) is 6.43 Å². The zero-order valence-corrected chi connectivity index (χ0v) is 8.65. The van der Waals surface area contributed by atoms with Gasteiger partial charge in [-0.25, -0.2) is 8.78 Å². The number of nitrogens with zero attached hydrogens (tertiary/aromatic N) is 2. The van der Waals surface area contributed by atoms with E-state index in [1.54, 1.807) is 23.9 Å². The standard InChI is InChI=1S/C11H10F2N2O/c1-15-9-5-3-2-4-7(9)8(14-15)6-10(16)11(12)13/h2-5,11H,6H2,1H3. The number of rotatable bonds is 3. The fraction of sp³-hybridized carbons (Fsp3) is 0.273. The molecule has 0 radical (unpaired) electrons. The molecule has 0 aliphatic heterocycles. The van der Waals surface area contributed by atoms with Crippen molar-refractivity contribution in [2.75, 3.05) is 0 Å². The summed E-state index contributed by atoms with van der Waals surface area (Å²) in [4.78, 5) is 11.0. The smallest absolute Gasteiger partial charge is 0.293 e. The van der Waals surface area contributed by atoms with Crippen molar-refractivity contribution in [2.24, 2.45) is 7.05 Å². The van der Waals surface area contributed by atoms with Crippen LogP contribution in [0.5, 0.6) is 0 Å². The number of para-hydroxylation sites is 1. The average molecular weight is 224 g/mol. The molecule has 16 heavy (non-hydrogen) atoms. The van der Waals surface area contributed by atoms with Crippen molar-refractivity contribution in [3.05, 3.63) is 30.0 Å². The summed E-state index contributed by atoms with van der Waals surface area (Å²) < 4.78 is 25.9. The largest absolute Gasteiger partial charge is 0.296 e. The van der Waals surface area contributed by atoms with Crippen molar-refractivity contribution >= 4 is 16.7 Å². The molecule has 0 aliphatic carbocycles. The van der Waals surface area contributed by atoms with Crippen LogP contribution >= 0.6 is 0 Å². The molecule has 3 nitrogen and oxygen atoms in total. The van der Waals surface area contributed by atoms with Gasteiger partial charge >= 0.3 is 0 Å². The summed E-state index contributed by atoms with van der Waals surface area (Å²) in [5.41, 5.74) is 1.24. The lowest BCUT2D eigenvalue weighted by Crippen LogP contribution is -2.13. The molecule has 0 amide bonds. The Morgan fingerprint density at radius 1 is 1.44 bits per heavy atom. The lowest BCUT2D eigenvalue weighted by molar-refractivity contribution is -0.128. The van der Waals surface area contributed by atoms with Gasteiger partial charge in [-0.15, -0.1) is 0 Å². The molecule has 1 heterocycles. The van der Waals surface area contributed by atoms with Gasteiger partial charge in [-0.05, 0) is 6.07 Å². The molecular formula is C11H10F2N2O. The predicted octanol–water partition coefficient (Wildman–Crippen LogP) is 1.95. The van der Waals surface area contributed by atoms with Crippen molar-refractivity contribution in [3.63, 3.8) is 0 Å². The number of fused-ring (bicyclic) bond motifs is 1. The Morgan fingerprint density at radius 3 is 2.81 bits per heavy atom. The van der Waals surface area contributed by atoms with E-state index in [4.69, 9.17) is 0 Å². The van der Waals surface area contributed by atoms with Crippen molar-refractivity contribution < 1.29 is 13.6 Å². The Labute approximate surface area is 90.7 Å². The Bertz CT molecular complexity index is 534. The highest BCUT2D eigenvalue weighted by atomic mass is 19.3. The van der Waals surface area contributed by atoms with Crippen LogP contribution in [0, 0.1) is 0 Å². The van der Waals surface area contributed by atoms with Crippen LogP contribution in [0.25, 0.3) is 10.9 Å². The summed E-state index contributed by atoms with van der Waals surface area (Å²) in [6.45, 7) is 0. The maximum Gasteiger partial charge on any atom is 0.296 e. The molecule has 0 saturated carbocycles. The Balaban J connectivity index is 2.42. The number of hydrogen-bond acceptors (Lipinski definition) is 2. The number of aryl methyl sites for hydroxylation is 1. The number of Topliss-reactive ketones (excluding diaryl/α,β-unsaturated/α-hetero) is 1. The molecule has 2 rings (SSSR count). The molecule has 5 heteroatoms. The van der Waals surface area contributed by atoms with Gasteiger partial charge < -0.3 is 0 Å². The van der Waals surface area contributed by atoms with Crippen molar-refractivity contribution in [1.82, 2.24) is 9.78 Å². The normalized spacial score (nSPS) is 11.2. The fourth-order valence-electron chi connectivity index (χ4n) is 1.66. The molecule has 1 aromatic heterocycles. The minimum atomic E-state index is -2.93. The molecule has 1 aromatic carbocycles. The third-order valence-corrected chi connectivity index (χ3v) is 2.42. The molecular weight excluding hydrogens is 214 g/mol. The van der Waals surface area contributed by atoms with Crippen molar-refractivity contribution in [1.29, 1.82) is 0 Å². The molecule has 84 valence electrons. The SMILES string of the molecule is Cn1nc(CC(=O)C(F)F)c2ccccc21. The van der Waals surface area contributed by atoms with E-state index < -0.39 is 12.2 Å². The maximum absolute atomic E-state index is 12.1. The third kappa shape index (κ3) is 1.80. The Hall–Kier alpha value is -1.78. The molecule has 0 spiro atoms. The van der Waals surface area contributed by atoms with E-state index in [1.165, 1.54) is 0 Å². The number of alkyl halides is 2. The van der Waals surface area contributed by atoms with Gasteiger partial charge in [0.05, 0.1) is 17.6 Å². The molecule has 0 unspecified atom stereocenters. The highest BCUT2D eigenvalue weighted by Gasteiger charge is 2.19. The van der Waals surface area contributed by atoms with Crippen molar-refractivity contribution in [3.8, 4) is 0 Å². The zero-order valence-electron chi connectivity index (χ0n) is 8.65. The van der Waals surface area contributed by atoms with Crippen LogP contribution in [-0.4, -0.2) is 22.0 Å². The first-order valence-electron chi connectivity index (χ1n) is 4.81. The van der Waals surface area contributed by atoms with E-state index in [9.17, 15) is 13.6 Å². The summed E-state index contributed by atoms with van der Waals surface area (Å²) in [7, 11) is 1.72. The number of carbonyl (C=O) groups excluding carboxylic acids is 1. The highest BCUT2D eigenvalue weighted by Crippen LogP contribution is 2.18. The monoisotopic (exact) mass is 224 g/mol. The van der Waals surface area contributed by atoms with Gasteiger partial charge in [0, 0.05) is 12.4 Å². The number of aromatic nitrogens is 2. The Morgan fingerprint density at radius 2 is 2.12 bits per heavy atom. The summed E-state index contributed by atoms with van der Waals surface area (Å²) in [6, 6.07) is 7.23. The number of ketones is 1. The minimum Gasteiger partial charge on any atom is -0.293 e. The van der Waals surface area contributed by atoms with Gasteiger partial charge in [-0.2, -0.15) is 5.10 Å². The molecule has 2 aromatic rings. The Kier molecular flexibility index (Phi) is 2.68. The first-order chi connectivity index (χ1) is 7.59. The van der Waals surface area contributed by atoms with E-state index in [0.29, 0.717) is 5.69 Å². The number of halogens is 2. The molecule has 0 bridgehead atoms. The minimum absolute atomic E-state index is 0.320. The van der Waals surface area contributed by atoms with Gasteiger partial charge in [-0.1, -0.05) is 18.2 Å². The molecule has 0 N–H and O–H groups in total. The lowest BCUT2D eigenvalue weighted by atomic mass is 10.1. The van der Waals surface area contributed by atoms with Crippen LogP contribution in [0.4, 0.5) is 8.78 Å². The first kappa shape index (κ1) is 10.7. The first-order valence-corrected chi connectivity index (χ1v) is 4.81. The number of hydrogen-bond donors (Lipinski definition) is 0. The maximum atomic E-state index is 12.1. The summed E-state index contributed by atoms with van der Waals surface area (Å²) in [5, 5.41) is 4.82. The average Bonchev–Trinajstić information content (AvgIpc) is 2.57. The fourth-order valence-corrected chi connectivity index (χ4v) is 1.66. The molecule has 0 saturated heterocycles. The van der Waals surface area contributed by atoms with Gasteiger partial charge in [0.2, 0.25) is 5.78 Å². The molecule has 0 atom stereocenters. The summed E-state index contributed by atoms with van der Waals surface area (Å²) in [6.07, 6.45) is -3.25. The van der Waals surface area contributed by atoms with E-state index in [-0.39, 0.29) is 6.42 Å². The second-order valence-corrected chi connectivity index (χ2v) is 3.53. The highest BCUT2D eigenvalue weighted by molar-refractivity contribution is 5.89. The van der Waals surface area contributed by atoms with Crippen LogP contribution in [0.15, 0.2) is 24.3 Å². The zero-order chi connectivity index (χ0) is 11.7. The van der Waals surface area contributed by atoms with E-state index in [0.717, 1.165) is 10.9 Å². The summed E-state index contributed by atoms with van der Waals surface area (Å²) in [5.74, 6) is -1.09. The van der Waals surface area contributed by atoms with E-state index in [1.807, 2.05) is 12.1 Å². The van der Waals surface area contributed by atoms with Crippen LogP contribution in [-0.2, 0) is 18.3 Å². The van der Waals surface area contributed by atoms with Gasteiger partial charge in [0.15, 0.2) is 0 Å². The number of carbonyl (C=O) groups is 1. The predicted molar refractivity (Wildman–Crippen MR) is 55.4 cm³/mol. The van der Waals surface area contributed by atoms with Crippen LogP contribution < -0.4 is 0 Å². The number of benzene rings is 1. The van der Waals surface area contributed by atoms with Gasteiger partial charge in [-0.3, -0.25) is 9.48 Å².